The van der Waals surface area contributed by atoms with Crippen molar-refractivity contribution in [2.45, 2.75) is 20.4 Å². The standard InChI is InChI=1S/C13H11ClN4O3S2/c1-3-21-13(20)9-6(2)8-11(22-9)15-5-18(12(8)19)4-7-10(14)23-17-16-7/h5H,3-4H2,1-2H3. The van der Waals surface area contributed by atoms with Gasteiger partial charge in [-0.2, -0.15) is 0 Å². The van der Waals surface area contributed by atoms with E-state index in [2.05, 4.69) is 14.6 Å². The van der Waals surface area contributed by atoms with E-state index in [0.29, 0.717) is 30.7 Å². The predicted molar refractivity (Wildman–Crippen MR) is 88.6 cm³/mol. The number of thiophene rings is 1. The third-order valence-corrected chi connectivity index (χ3v) is 5.37. The molecule has 0 saturated carbocycles. The summed E-state index contributed by atoms with van der Waals surface area (Å²) in [5.74, 6) is -0.439. The van der Waals surface area contributed by atoms with Gasteiger partial charge in [0.2, 0.25) is 0 Å². The maximum Gasteiger partial charge on any atom is 0.348 e. The molecule has 0 amide bonds. The predicted octanol–water partition coefficient (Wildman–Crippen LogP) is 2.50. The molecule has 0 N–H and O–H groups in total. The summed E-state index contributed by atoms with van der Waals surface area (Å²) in [6, 6.07) is 0. The highest BCUT2D eigenvalue weighted by atomic mass is 35.5. The SMILES string of the molecule is CCOC(=O)c1sc2ncn(Cc3nnsc3Cl)c(=O)c2c1C. The topological polar surface area (TPSA) is 87.0 Å². The lowest BCUT2D eigenvalue weighted by Crippen LogP contribution is -2.21. The first-order chi connectivity index (χ1) is 11.0. The third-order valence-electron chi connectivity index (χ3n) is 3.21. The summed E-state index contributed by atoms with van der Waals surface area (Å²) in [6.07, 6.45) is 1.42. The largest absolute Gasteiger partial charge is 0.462 e. The van der Waals surface area contributed by atoms with Crippen LogP contribution in [0.5, 0.6) is 0 Å². The van der Waals surface area contributed by atoms with Gasteiger partial charge in [-0.15, -0.1) is 16.4 Å². The fraction of sp³-hybridized carbons (Fsp3) is 0.308. The lowest BCUT2D eigenvalue weighted by Gasteiger charge is -2.03. The molecular weight excluding hydrogens is 360 g/mol. The average molecular weight is 371 g/mol. The minimum Gasteiger partial charge on any atom is -0.462 e. The van der Waals surface area contributed by atoms with Crippen molar-refractivity contribution in [3.8, 4) is 0 Å². The van der Waals surface area contributed by atoms with Gasteiger partial charge in [-0.1, -0.05) is 16.1 Å². The molecule has 3 heterocycles. The Morgan fingerprint density at radius 3 is 2.91 bits per heavy atom. The molecule has 0 bridgehead atoms. The zero-order valence-electron chi connectivity index (χ0n) is 12.2. The van der Waals surface area contributed by atoms with Crippen LogP contribution in [-0.4, -0.2) is 31.7 Å². The van der Waals surface area contributed by atoms with Gasteiger partial charge >= 0.3 is 5.97 Å². The van der Waals surface area contributed by atoms with Crippen LogP contribution in [-0.2, 0) is 11.3 Å². The van der Waals surface area contributed by atoms with Crippen LogP contribution in [0.2, 0.25) is 4.34 Å². The van der Waals surface area contributed by atoms with Gasteiger partial charge in [0.15, 0.2) is 0 Å². The smallest absolute Gasteiger partial charge is 0.348 e. The first-order valence-corrected chi connectivity index (χ1v) is 8.62. The zero-order valence-corrected chi connectivity index (χ0v) is 14.6. The molecule has 0 aliphatic rings. The molecule has 120 valence electrons. The van der Waals surface area contributed by atoms with E-state index in [1.807, 2.05) is 0 Å². The number of ether oxygens (including phenoxy) is 1. The lowest BCUT2D eigenvalue weighted by atomic mass is 10.2. The van der Waals surface area contributed by atoms with Crippen molar-refractivity contribution in [3.05, 3.63) is 37.2 Å². The van der Waals surface area contributed by atoms with Gasteiger partial charge < -0.3 is 4.74 Å². The molecule has 23 heavy (non-hydrogen) atoms. The van der Waals surface area contributed by atoms with Gasteiger partial charge in [0.25, 0.3) is 5.56 Å². The number of carbonyl (C=O) groups is 1. The molecule has 0 fully saturated rings. The highest BCUT2D eigenvalue weighted by Gasteiger charge is 2.20. The summed E-state index contributed by atoms with van der Waals surface area (Å²) in [5.41, 5.74) is 0.847. The molecule has 3 rings (SSSR count). The Bertz CT molecular complexity index is 946. The molecular formula is C13H11ClN4O3S2. The number of aryl methyl sites for hydroxylation is 1. The molecule has 0 spiro atoms. The van der Waals surface area contributed by atoms with Gasteiger partial charge in [0.05, 0.1) is 24.9 Å². The van der Waals surface area contributed by atoms with Crippen LogP contribution in [0.4, 0.5) is 0 Å². The lowest BCUT2D eigenvalue weighted by molar-refractivity contribution is 0.0531. The van der Waals surface area contributed by atoms with E-state index < -0.39 is 5.97 Å². The Balaban J connectivity index is 2.08. The normalized spacial score (nSPS) is 11.1. The molecule has 7 nitrogen and oxygen atoms in total. The fourth-order valence-electron chi connectivity index (χ4n) is 2.12. The van der Waals surface area contributed by atoms with Crippen molar-refractivity contribution in [2.24, 2.45) is 0 Å². The van der Waals surface area contributed by atoms with E-state index >= 15 is 0 Å². The molecule has 0 radical (unpaired) electrons. The molecule has 0 atom stereocenters. The Morgan fingerprint density at radius 1 is 1.48 bits per heavy atom. The Morgan fingerprint density at radius 2 is 2.26 bits per heavy atom. The molecule has 0 aliphatic heterocycles. The van der Waals surface area contributed by atoms with E-state index in [0.717, 1.165) is 22.9 Å². The molecule has 0 saturated heterocycles. The van der Waals surface area contributed by atoms with Crippen LogP contribution in [0.15, 0.2) is 11.1 Å². The second-order valence-corrected chi connectivity index (χ2v) is 6.98. The van der Waals surface area contributed by atoms with Crippen molar-refractivity contribution >= 4 is 50.7 Å². The van der Waals surface area contributed by atoms with E-state index in [1.54, 1.807) is 13.8 Å². The number of rotatable bonds is 4. The number of halogens is 1. The number of hydrogen-bond acceptors (Lipinski definition) is 8. The van der Waals surface area contributed by atoms with E-state index in [1.165, 1.54) is 10.9 Å². The summed E-state index contributed by atoms with van der Waals surface area (Å²) in [7, 11) is 0. The van der Waals surface area contributed by atoms with Crippen molar-refractivity contribution < 1.29 is 9.53 Å². The molecule has 0 unspecified atom stereocenters. The van der Waals surface area contributed by atoms with Crippen molar-refractivity contribution in [1.82, 2.24) is 19.1 Å². The Labute approximate surface area is 143 Å². The second kappa shape index (κ2) is 6.34. The Kier molecular flexibility index (Phi) is 4.42. The molecule has 0 aromatic carbocycles. The van der Waals surface area contributed by atoms with Crippen molar-refractivity contribution in [1.29, 1.82) is 0 Å². The quantitative estimate of drug-likeness (QED) is 0.656. The van der Waals surface area contributed by atoms with Gasteiger partial charge in [0, 0.05) is 11.5 Å². The summed E-state index contributed by atoms with van der Waals surface area (Å²) >= 11 is 8.18. The number of aromatic nitrogens is 4. The van der Waals surface area contributed by atoms with Gasteiger partial charge in [-0.3, -0.25) is 9.36 Å². The maximum atomic E-state index is 12.7. The monoisotopic (exact) mass is 370 g/mol. The molecule has 0 aliphatic carbocycles. The zero-order chi connectivity index (χ0) is 16.6. The van der Waals surface area contributed by atoms with Gasteiger partial charge in [-0.25, -0.2) is 9.78 Å². The van der Waals surface area contributed by atoms with Gasteiger partial charge in [0.1, 0.15) is 19.7 Å². The third kappa shape index (κ3) is 2.87. The first-order valence-electron chi connectivity index (χ1n) is 6.65. The maximum absolute atomic E-state index is 12.7. The average Bonchev–Trinajstić information content (AvgIpc) is 3.07. The van der Waals surface area contributed by atoms with Gasteiger partial charge in [-0.05, 0) is 19.4 Å². The van der Waals surface area contributed by atoms with E-state index in [4.69, 9.17) is 16.3 Å². The number of esters is 1. The first kappa shape index (κ1) is 16.0. The summed E-state index contributed by atoms with van der Waals surface area (Å²) in [4.78, 5) is 29.8. The number of carbonyl (C=O) groups excluding carboxylic acids is 1. The summed E-state index contributed by atoms with van der Waals surface area (Å²) < 4.78 is 10.6. The highest BCUT2D eigenvalue weighted by Crippen LogP contribution is 2.27. The van der Waals surface area contributed by atoms with Crippen LogP contribution in [0.25, 0.3) is 10.2 Å². The molecule has 3 aromatic heterocycles. The minimum absolute atomic E-state index is 0.182. The Hall–Kier alpha value is -1.84. The molecule has 10 heteroatoms. The molecule has 3 aromatic rings. The van der Waals surface area contributed by atoms with E-state index in [9.17, 15) is 9.59 Å². The summed E-state index contributed by atoms with van der Waals surface area (Å²) in [6.45, 7) is 3.91. The van der Waals surface area contributed by atoms with E-state index in [-0.39, 0.29) is 18.7 Å². The minimum atomic E-state index is -0.439. The van der Waals surface area contributed by atoms with Crippen molar-refractivity contribution in [3.63, 3.8) is 0 Å². The second-order valence-electron chi connectivity index (χ2n) is 4.63. The van der Waals surface area contributed by atoms with Crippen LogP contribution < -0.4 is 5.56 Å². The van der Waals surface area contributed by atoms with Crippen LogP contribution in [0.3, 0.4) is 0 Å². The number of nitrogens with zero attached hydrogens (tertiary/aromatic N) is 4. The number of fused-ring (bicyclic) bond motifs is 1. The van der Waals surface area contributed by atoms with Crippen LogP contribution >= 0.6 is 34.5 Å². The fourth-order valence-corrected chi connectivity index (χ4v) is 3.76. The van der Waals surface area contributed by atoms with Crippen LogP contribution in [0.1, 0.15) is 27.9 Å². The van der Waals surface area contributed by atoms with Crippen LogP contribution in [0, 0.1) is 6.92 Å². The summed E-state index contributed by atoms with van der Waals surface area (Å²) in [5, 5.41) is 4.31. The highest BCUT2D eigenvalue weighted by molar-refractivity contribution is 7.20. The number of hydrogen-bond donors (Lipinski definition) is 0. The van der Waals surface area contributed by atoms with Crippen molar-refractivity contribution in [2.75, 3.05) is 6.61 Å².